The zero-order valence-corrected chi connectivity index (χ0v) is 12.6. The smallest absolute Gasteiger partial charge is 0.0747 e. The molecule has 0 aromatic carbocycles. The fourth-order valence-corrected chi connectivity index (χ4v) is 4.71. The van der Waals surface area contributed by atoms with Crippen molar-refractivity contribution in [3.8, 4) is 0 Å². The van der Waals surface area contributed by atoms with Crippen LogP contribution in [0.5, 0.6) is 0 Å². The summed E-state index contributed by atoms with van der Waals surface area (Å²) in [4.78, 5) is 0. The van der Waals surface area contributed by atoms with Crippen molar-refractivity contribution in [1.29, 1.82) is 0 Å². The van der Waals surface area contributed by atoms with Crippen LogP contribution in [0.3, 0.4) is 0 Å². The highest BCUT2D eigenvalue weighted by molar-refractivity contribution is 9.12. The Labute approximate surface area is 107 Å². The molecular formula is C10H15Br2NS. The molecule has 14 heavy (non-hydrogen) atoms. The molecule has 0 aliphatic rings. The number of nitrogens with one attached hydrogen (secondary N) is 1. The number of hydrogen-bond acceptors (Lipinski definition) is 2. The first kappa shape index (κ1) is 12.7. The van der Waals surface area contributed by atoms with Crippen molar-refractivity contribution in [3.63, 3.8) is 0 Å². The summed E-state index contributed by atoms with van der Waals surface area (Å²) in [5.74, 6) is 0. The van der Waals surface area contributed by atoms with Crippen molar-refractivity contribution in [2.75, 3.05) is 13.6 Å². The lowest BCUT2D eigenvalue weighted by atomic mass is 9.83. The monoisotopic (exact) mass is 339 g/mol. The van der Waals surface area contributed by atoms with Crippen molar-refractivity contribution in [3.05, 3.63) is 19.2 Å². The molecule has 0 radical (unpaired) electrons. The Morgan fingerprint density at radius 3 is 2.50 bits per heavy atom. The Morgan fingerprint density at radius 2 is 2.07 bits per heavy atom. The van der Waals surface area contributed by atoms with Gasteiger partial charge >= 0.3 is 0 Å². The summed E-state index contributed by atoms with van der Waals surface area (Å²) >= 11 is 8.87. The number of thiophene rings is 1. The lowest BCUT2D eigenvalue weighted by molar-refractivity contribution is 0.468. The van der Waals surface area contributed by atoms with Crippen molar-refractivity contribution < 1.29 is 0 Å². The maximum atomic E-state index is 3.61. The van der Waals surface area contributed by atoms with Gasteiger partial charge in [0.2, 0.25) is 0 Å². The quantitative estimate of drug-likeness (QED) is 0.867. The van der Waals surface area contributed by atoms with Crippen LogP contribution in [0, 0.1) is 0 Å². The van der Waals surface area contributed by atoms with E-state index in [-0.39, 0.29) is 5.41 Å². The summed E-state index contributed by atoms with van der Waals surface area (Å²) in [6, 6.07) is 2.21. The van der Waals surface area contributed by atoms with Crippen LogP contribution in [0.15, 0.2) is 13.6 Å². The molecular weight excluding hydrogens is 326 g/mol. The maximum Gasteiger partial charge on any atom is 0.0747 e. The van der Waals surface area contributed by atoms with Gasteiger partial charge in [-0.15, -0.1) is 11.3 Å². The van der Waals surface area contributed by atoms with Crippen molar-refractivity contribution in [2.24, 2.45) is 0 Å². The van der Waals surface area contributed by atoms with Crippen LogP contribution in [-0.4, -0.2) is 13.6 Å². The zero-order valence-electron chi connectivity index (χ0n) is 8.66. The van der Waals surface area contributed by atoms with Crippen LogP contribution in [0.1, 0.15) is 25.8 Å². The fourth-order valence-electron chi connectivity index (χ4n) is 1.37. The van der Waals surface area contributed by atoms with Gasteiger partial charge in [-0.25, -0.2) is 0 Å². The van der Waals surface area contributed by atoms with Gasteiger partial charge in [0, 0.05) is 0 Å². The van der Waals surface area contributed by atoms with Crippen molar-refractivity contribution >= 4 is 43.2 Å². The first-order valence-corrected chi connectivity index (χ1v) is 6.97. The summed E-state index contributed by atoms with van der Waals surface area (Å²) in [7, 11) is 1.99. The molecule has 0 bridgehead atoms. The SMILES string of the molecule is CNCCC(C)(C)c1cc(Br)sc1Br. The number of hydrogen-bond donors (Lipinski definition) is 1. The molecule has 1 aromatic heterocycles. The third-order valence-corrected chi connectivity index (χ3v) is 4.73. The maximum absolute atomic E-state index is 3.61. The number of halogens is 2. The summed E-state index contributed by atoms with van der Waals surface area (Å²) in [6.45, 7) is 5.61. The van der Waals surface area contributed by atoms with Gasteiger partial charge in [0.25, 0.3) is 0 Å². The van der Waals surface area contributed by atoms with E-state index in [0.717, 1.165) is 13.0 Å². The van der Waals surface area contributed by atoms with E-state index >= 15 is 0 Å². The Hall–Kier alpha value is 0.620. The van der Waals surface area contributed by atoms with Crippen LogP contribution >= 0.6 is 43.2 Å². The summed E-state index contributed by atoms with van der Waals surface area (Å²) in [5.41, 5.74) is 1.62. The molecule has 1 N–H and O–H groups in total. The van der Waals surface area contributed by atoms with E-state index in [1.807, 2.05) is 7.05 Å². The normalized spacial score (nSPS) is 12.1. The molecule has 0 aliphatic carbocycles. The van der Waals surface area contributed by atoms with Gasteiger partial charge in [0.15, 0.2) is 0 Å². The lowest BCUT2D eigenvalue weighted by Crippen LogP contribution is -2.23. The largest absolute Gasteiger partial charge is 0.320 e. The van der Waals surface area contributed by atoms with E-state index in [2.05, 4.69) is 57.1 Å². The van der Waals surface area contributed by atoms with Gasteiger partial charge in [0.1, 0.15) is 0 Å². The standard InChI is InChI=1S/C10H15Br2NS/c1-10(2,4-5-13-3)7-6-8(11)14-9(7)12/h6,13H,4-5H2,1-3H3. The topological polar surface area (TPSA) is 12.0 Å². The van der Waals surface area contributed by atoms with E-state index in [1.54, 1.807) is 11.3 Å². The highest BCUT2D eigenvalue weighted by Gasteiger charge is 2.24. The van der Waals surface area contributed by atoms with Crippen molar-refractivity contribution in [1.82, 2.24) is 5.32 Å². The average Bonchev–Trinajstić information content (AvgIpc) is 2.42. The second-order valence-corrected chi connectivity index (χ2v) is 7.72. The van der Waals surface area contributed by atoms with Crippen LogP contribution in [0.4, 0.5) is 0 Å². The van der Waals surface area contributed by atoms with Crippen LogP contribution in [-0.2, 0) is 5.41 Å². The summed E-state index contributed by atoms with van der Waals surface area (Å²) in [6.07, 6.45) is 1.14. The first-order valence-electron chi connectivity index (χ1n) is 4.57. The molecule has 0 amide bonds. The number of rotatable bonds is 4. The molecule has 1 rings (SSSR count). The van der Waals surface area contributed by atoms with Crippen LogP contribution < -0.4 is 5.32 Å². The van der Waals surface area contributed by atoms with Gasteiger partial charge in [-0.3, -0.25) is 0 Å². The molecule has 1 aromatic rings. The molecule has 4 heteroatoms. The van der Waals surface area contributed by atoms with E-state index in [0.29, 0.717) is 0 Å². The third-order valence-electron chi connectivity index (χ3n) is 2.39. The van der Waals surface area contributed by atoms with Gasteiger partial charge < -0.3 is 5.32 Å². The Balaban J connectivity index is 2.85. The third kappa shape index (κ3) is 3.05. The first-order chi connectivity index (χ1) is 6.47. The molecule has 0 saturated heterocycles. The molecule has 0 saturated carbocycles. The van der Waals surface area contributed by atoms with E-state index in [9.17, 15) is 0 Å². The molecule has 1 nitrogen and oxygen atoms in total. The molecule has 0 aliphatic heterocycles. The minimum atomic E-state index is 0.227. The zero-order chi connectivity index (χ0) is 10.8. The minimum absolute atomic E-state index is 0.227. The predicted octanol–water partition coefficient (Wildman–Crippen LogP) is 4.16. The molecule has 0 unspecified atom stereocenters. The molecule has 0 fully saturated rings. The van der Waals surface area contributed by atoms with Gasteiger partial charge in [-0.05, 0) is 68.9 Å². The second-order valence-electron chi connectivity index (χ2n) is 3.98. The summed E-state index contributed by atoms with van der Waals surface area (Å²) in [5, 5.41) is 3.20. The Morgan fingerprint density at radius 1 is 1.43 bits per heavy atom. The Kier molecular flexibility index (Phi) is 4.62. The Bertz CT molecular complexity index is 307. The molecule has 80 valence electrons. The predicted molar refractivity (Wildman–Crippen MR) is 71.3 cm³/mol. The average molecular weight is 341 g/mol. The molecule has 0 atom stereocenters. The highest BCUT2D eigenvalue weighted by Crippen LogP contribution is 2.40. The molecule has 1 heterocycles. The van der Waals surface area contributed by atoms with E-state index < -0.39 is 0 Å². The lowest BCUT2D eigenvalue weighted by Gasteiger charge is -2.24. The van der Waals surface area contributed by atoms with Crippen molar-refractivity contribution in [2.45, 2.75) is 25.7 Å². The van der Waals surface area contributed by atoms with E-state index in [1.165, 1.54) is 13.1 Å². The minimum Gasteiger partial charge on any atom is -0.320 e. The van der Waals surface area contributed by atoms with Crippen LogP contribution in [0.2, 0.25) is 0 Å². The second kappa shape index (κ2) is 5.10. The highest BCUT2D eigenvalue weighted by atomic mass is 79.9. The van der Waals surface area contributed by atoms with E-state index in [4.69, 9.17) is 0 Å². The van der Waals surface area contributed by atoms with Gasteiger partial charge in [-0.1, -0.05) is 13.8 Å². The van der Waals surface area contributed by atoms with Gasteiger partial charge in [-0.2, -0.15) is 0 Å². The fraction of sp³-hybridized carbons (Fsp3) is 0.600. The van der Waals surface area contributed by atoms with Crippen LogP contribution in [0.25, 0.3) is 0 Å². The summed E-state index contributed by atoms with van der Waals surface area (Å²) < 4.78 is 2.43. The molecule has 0 spiro atoms. The van der Waals surface area contributed by atoms with Gasteiger partial charge in [0.05, 0.1) is 7.57 Å².